The molecule has 3 heteroatoms. The molecule has 0 saturated heterocycles. The van der Waals surface area contributed by atoms with Crippen LogP contribution in [0.4, 0.5) is 0 Å². The molecule has 3 nitrogen and oxygen atoms in total. The van der Waals surface area contributed by atoms with Crippen molar-refractivity contribution >= 4 is 6.29 Å². The predicted octanol–water partition coefficient (Wildman–Crippen LogP) is 2.36. The van der Waals surface area contributed by atoms with Gasteiger partial charge in [0, 0.05) is 31.1 Å². The summed E-state index contributed by atoms with van der Waals surface area (Å²) in [4.78, 5) is 10.4. The molecule has 1 aromatic heterocycles. The number of nitrogens with zero attached hydrogens (tertiary/aromatic N) is 1. The largest absolute Gasteiger partial charge is 0.380 e. The molecular weight excluding hydrogens is 190 g/mol. The first-order valence-corrected chi connectivity index (χ1v) is 5.41. The topological polar surface area (TPSA) is 31.2 Å². The summed E-state index contributed by atoms with van der Waals surface area (Å²) < 4.78 is 7.45. The quantitative estimate of drug-likeness (QED) is 0.510. The van der Waals surface area contributed by atoms with Crippen molar-refractivity contribution in [1.82, 2.24) is 4.57 Å². The van der Waals surface area contributed by atoms with Gasteiger partial charge in [0.15, 0.2) is 6.29 Å². The maximum Gasteiger partial charge on any atom is 0.151 e. The van der Waals surface area contributed by atoms with Gasteiger partial charge < -0.3 is 9.30 Å². The van der Waals surface area contributed by atoms with Crippen LogP contribution in [0.25, 0.3) is 0 Å². The monoisotopic (exact) mass is 209 g/mol. The van der Waals surface area contributed by atoms with Crippen LogP contribution in [0.15, 0.2) is 18.5 Å². The number of hydrogen-bond acceptors (Lipinski definition) is 2. The van der Waals surface area contributed by atoms with Crippen LogP contribution in [0.2, 0.25) is 0 Å². The second-order valence-electron chi connectivity index (χ2n) is 4.10. The predicted molar refractivity (Wildman–Crippen MR) is 60.1 cm³/mol. The highest BCUT2D eigenvalue weighted by atomic mass is 16.5. The van der Waals surface area contributed by atoms with Crippen molar-refractivity contribution in [1.29, 1.82) is 0 Å². The van der Waals surface area contributed by atoms with Crippen molar-refractivity contribution in [3.05, 3.63) is 24.0 Å². The molecule has 0 atom stereocenters. The van der Waals surface area contributed by atoms with Crippen molar-refractivity contribution in [2.75, 3.05) is 13.2 Å². The summed E-state index contributed by atoms with van der Waals surface area (Å²) in [6.07, 6.45) is 5.69. The van der Waals surface area contributed by atoms with Gasteiger partial charge in [0.2, 0.25) is 0 Å². The van der Waals surface area contributed by atoms with Crippen LogP contribution in [0.5, 0.6) is 0 Å². The Kier molecular flexibility index (Phi) is 5.12. The Hall–Kier alpha value is -1.09. The maximum absolute atomic E-state index is 10.4. The molecule has 0 radical (unpaired) electrons. The lowest BCUT2D eigenvalue weighted by atomic mass is 10.1. The van der Waals surface area contributed by atoms with Crippen LogP contribution in [-0.4, -0.2) is 24.1 Å². The molecule has 0 aliphatic rings. The fraction of sp³-hybridized carbons (Fsp3) is 0.583. The van der Waals surface area contributed by atoms with E-state index in [0.717, 1.165) is 31.4 Å². The normalized spacial score (nSPS) is 10.9. The Bertz CT molecular complexity index is 292. The number of ether oxygens (including phenoxy) is 1. The molecule has 1 aromatic rings. The molecule has 0 amide bonds. The Morgan fingerprint density at radius 3 is 2.87 bits per heavy atom. The van der Waals surface area contributed by atoms with Gasteiger partial charge in [0.25, 0.3) is 0 Å². The Morgan fingerprint density at radius 2 is 2.27 bits per heavy atom. The zero-order valence-corrected chi connectivity index (χ0v) is 9.48. The molecule has 1 rings (SSSR count). The molecule has 0 aromatic carbocycles. The van der Waals surface area contributed by atoms with E-state index in [1.807, 2.05) is 17.0 Å². The van der Waals surface area contributed by atoms with Crippen LogP contribution in [-0.2, 0) is 11.3 Å². The summed E-state index contributed by atoms with van der Waals surface area (Å²) in [6.45, 7) is 6.71. The van der Waals surface area contributed by atoms with Crippen LogP contribution in [0, 0.1) is 5.92 Å². The summed E-state index contributed by atoms with van der Waals surface area (Å²) in [5.41, 5.74) is 0.720. The van der Waals surface area contributed by atoms with Gasteiger partial charge in [0.1, 0.15) is 0 Å². The summed E-state index contributed by atoms with van der Waals surface area (Å²) in [5, 5.41) is 0. The molecule has 0 N–H and O–H groups in total. The minimum Gasteiger partial charge on any atom is -0.380 e. The summed E-state index contributed by atoms with van der Waals surface area (Å²) in [7, 11) is 0. The van der Waals surface area contributed by atoms with Crippen molar-refractivity contribution in [3.8, 4) is 0 Å². The standard InChI is InChI=1S/C12H19NO2/c1-11(2)4-7-15-8-6-13-5-3-12(9-13)10-14/h3,5,9-11H,4,6-8H2,1-2H3. The number of rotatable bonds is 7. The number of aldehydes is 1. The average molecular weight is 209 g/mol. The second-order valence-corrected chi connectivity index (χ2v) is 4.10. The van der Waals surface area contributed by atoms with E-state index in [0.29, 0.717) is 12.5 Å². The fourth-order valence-electron chi connectivity index (χ4n) is 1.26. The lowest BCUT2D eigenvalue weighted by Gasteiger charge is -2.06. The molecule has 0 aliphatic carbocycles. The number of carbonyl (C=O) groups excluding carboxylic acids is 1. The van der Waals surface area contributed by atoms with Gasteiger partial charge in [-0.1, -0.05) is 13.8 Å². The summed E-state index contributed by atoms with van der Waals surface area (Å²) >= 11 is 0. The second kappa shape index (κ2) is 6.40. The molecular formula is C12H19NO2. The van der Waals surface area contributed by atoms with Gasteiger partial charge in [-0.2, -0.15) is 0 Å². The molecule has 0 bridgehead atoms. The van der Waals surface area contributed by atoms with Crippen molar-refractivity contribution in [2.45, 2.75) is 26.8 Å². The molecule has 0 aliphatic heterocycles. The van der Waals surface area contributed by atoms with Gasteiger partial charge in [0.05, 0.1) is 6.61 Å². The van der Waals surface area contributed by atoms with Crippen molar-refractivity contribution in [2.24, 2.45) is 5.92 Å². The maximum atomic E-state index is 10.4. The Labute approximate surface area is 91.0 Å². The van der Waals surface area contributed by atoms with Crippen LogP contribution >= 0.6 is 0 Å². The van der Waals surface area contributed by atoms with Gasteiger partial charge in [-0.05, 0) is 18.4 Å². The summed E-state index contributed by atoms with van der Waals surface area (Å²) in [6, 6.07) is 1.81. The Morgan fingerprint density at radius 1 is 1.47 bits per heavy atom. The zero-order chi connectivity index (χ0) is 11.1. The van der Waals surface area contributed by atoms with Gasteiger partial charge in [-0.25, -0.2) is 0 Å². The summed E-state index contributed by atoms with van der Waals surface area (Å²) in [5.74, 6) is 0.693. The number of aromatic nitrogens is 1. The van der Waals surface area contributed by atoms with Crippen LogP contribution < -0.4 is 0 Å². The third-order valence-electron chi connectivity index (χ3n) is 2.24. The van der Waals surface area contributed by atoms with E-state index in [-0.39, 0.29) is 0 Å². The minimum absolute atomic E-state index is 0.693. The molecule has 0 unspecified atom stereocenters. The lowest BCUT2D eigenvalue weighted by Crippen LogP contribution is -2.06. The molecule has 15 heavy (non-hydrogen) atoms. The molecule has 1 heterocycles. The third-order valence-corrected chi connectivity index (χ3v) is 2.24. The van der Waals surface area contributed by atoms with Gasteiger partial charge in [-0.3, -0.25) is 4.79 Å². The lowest BCUT2D eigenvalue weighted by molar-refractivity contribution is 0.111. The van der Waals surface area contributed by atoms with Gasteiger partial charge >= 0.3 is 0 Å². The molecule has 0 fully saturated rings. The fourth-order valence-corrected chi connectivity index (χ4v) is 1.26. The highest BCUT2D eigenvalue weighted by Crippen LogP contribution is 2.00. The third kappa shape index (κ3) is 4.79. The molecule has 0 saturated carbocycles. The smallest absolute Gasteiger partial charge is 0.151 e. The molecule has 84 valence electrons. The molecule has 0 spiro atoms. The van der Waals surface area contributed by atoms with E-state index < -0.39 is 0 Å². The van der Waals surface area contributed by atoms with Crippen molar-refractivity contribution < 1.29 is 9.53 Å². The van der Waals surface area contributed by atoms with E-state index in [1.54, 1.807) is 6.07 Å². The Balaban J connectivity index is 2.12. The SMILES string of the molecule is CC(C)CCOCCn1ccc(C=O)c1. The van der Waals surface area contributed by atoms with E-state index >= 15 is 0 Å². The minimum atomic E-state index is 0.693. The highest BCUT2D eigenvalue weighted by Gasteiger charge is 1.96. The van der Waals surface area contributed by atoms with E-state index in [4.69, 9.17) is 4.74 Å². The first-order chi connectivity index (χ1) is 7.22. The number of carbonyl (C=O) groups is 1. The van der Waals surface area contributed by atoms with Crippen molar-refractivity contribution in [3.63, 3.8) is 0 Å². The van der Waals surface area contributed by atoms with E-state index in [2.05, 4.69) is 13.8 Å². The zero-order valence-electron chi connectivity index (χ0n) is 9.48. The highest BCUT2D eigenvalue weighted by molar-refractivity contribution is 5.74. The first-order valence-electron chi connectivity index (χ1n) is 5.41. The van der Waals surface area contributed by atoms with Crippen LogP contribution in [0.1, 0.15) is 30.6 Å². The van der Waals surface area contributed by atoms with Gasteiger partial charge in [-0.15, -0.1) is 0 Å². The number of hydrogen-bond donors (Lipinski definition) is 0. The average Bonchev–Trinajstić information content (AvgIpc) is 2.65. The van der Waals surface area contributed by atoms with Crippen LogP contribution in [0.3, 0.4) is 0 Å². The van der Waals surface area contributed by atoms with E-state index in [1.165, 1.54) is 0 Å². The first kappa shape index (κ1) is 12.0. The van der Waals surface area contributed by atoms with E-state index in [9.17, 15) is 4.79 Å².